The molecule has 74 valence electrons. The molecular formula is C10H12N2O2. The number of carbonyl (C=O) groups excluding carboxylic acids is 1. The Morgan fingerprint density at radius 3 is 3.00 bits per heavy atom. The molecule has 0 bridgehead atoms. The average Bonchev–Trinajstić information content (AvgIpc) is 2.65. The molecular weight excluding hydrogens is 180 g/mol. The van der Waals surface area contributed by atoms with Crippen LogP contribution in [-0.2, 0) is 4.74 Å². The maximum atomic E-state index is 11.9. The second-order valence-corrected chi connectivity index (χ2v) is 3.41. The molecule has 2 rings (SSSR count). The standard InChI is InChI=1S/C10H12N2O2/c11-9-6-14-5-8(9)10(13)7-2-1-3-12-4-7/h1-4,8-9H,5-6,11H2. The van der Waals surface area contributed by atoms with Gasteiger partial charge in [-0.2, -0.15) is 0 Å². The molecule has 2 N–H and O–H groups in total. The third-order valence-electron chi connectivity index (χ3n) is 2.41. The van der Waals surface area contributed by atoms with Crippen molar-refractivity contribution in [2.75, 3.05) is 13.2 Å². The van der Waals surface area contributed by atoms with Crippen LogP contribution in [0.25, 0.3) is 0 Å². The van der Waals surface area contributed by atoms with Gasteiger partial charge in [-0.25, -0.2) is 0 Å². The van der Waals surface area contributed by atoms with Crippen molar-refractivity contribution in [3.05, 3.63) is 30.1 Å². The summed E-state index contributed by atoms with van der Waals surface area (Å²) < 4.78 is 5.15. The van der Waals surface area contributed by atoms with Gasteiger partial charge in [0.25, 0.3) is 0 Å². The van der Waals surface area contributed by atoms with E-state index in [1.165, 1.54) is 0 Å². The van der Waals surface area contributed by atoms with Crippen molar-refractivity contribution in [1.82, 2.24) is 4.98 Å². The highest BCUT2D eigenvalue weighted by atomic mass is 16.5. The molecule has 0 aliphatic carbocycles. The van der Waals surface area contributed by atoms with Crippen molar-refractivity contribution in [2.24, 2.45) is 11.7 Å². The van der Waals surface area contributed by atoms with Crippen LogP contribution in [0, 0.1) is 5.92 Å². The maximum Gasteiger partial charge on any atom is 0.171 e. The lowest BCUT2D eigenvalue weighted by atomic mass is 9.95. The lowest BCUT2D eigenvalue weighted by Crippen LogP contribution is -2.34. The molecule has 14 heavy (non-hydrogen) atoms. The van der Waals surface area contributed by atoms with Gasteiger partial charge in [0.15, 0.2) is 5.78 Å². The fraction of sp³-hybridized carbons (Fsp3) is 0.400. The van der Waals surface area contributed by atoms with Crippen LogP contribution in [0.4, 0.5) is 0 Å². The van der Waals surface area contributed by atoms with Crippen LogP contribution in [0.5, 0.6) is 0 Å². The molecule has 0 aromatic carbocycles. The molecule has 0 radical (unpaired) electrons. The molecule has 1 aromatic heterocycles. The molecule has 0 saturated carbocycles. The molecule has 1 fully saturated rings. The third kappa shape index (κ3) is 1.66. The minimum absolute atomic E-state index is 0.0306. The summed E-state index contributed by atoms with van der Waals surface area (Å²) in [5.74, 6) is -0.178. The SMILES string of the molecule is NC1COCC1C(=O)c1cccnc1. The van der Waals surface area contributed by atoms with E-state index in [1.54, 1.807) is 24.5 Å². The van der Waals surface area contributed by atoms with Gasteiger partial charge < -0.3 is 10.5 Å². The summed E-state index contributed by atoms with van der Waals surface area (Å²) in [7, 11) is 0. The van der Waals surface area contributed by atoms with Gasteiger partial charge in [-0.3, -0.25) is 9.78 Å². The van der Waals surface area contributed by atoms with E-state index in [0.717, 1.165) is 0 Å². The zero-order valence-corrected chi connectivity index (χ0v) is 7.72. The van der Waals surface area contributed by atoms with Crippen LogP contribution >= 0.6 is 0 Å². The molecule has 1 aliphatic rings. The summed E-state index contributed by atoms with van der Waals surface area (Å²) in [5.41, 5.74) is 6.36. The number of rotatable bonds is 2. The minimum Gasteiger partial charge on any atom is -0.379 e. The van der Waals surface area contributed by atoms with E-state index in [0.29, 0.717) is 18.8 Å². The van der Waals surface area contributed by atoms with Gasteiger partial charge in [0.2, 0.25) is 0 Å². The fourth-order valence-corrected chi connectivity index (χ4v) is 1.56. The molecule has 2 unspecified atom stereocenters. The fourth-order valence-electron chi connectivity index (χ4n) is 1.56. The summed E-state index contributed by atoms with van der Waals surface area (Å²) in [4.78, 5) is 15.8. The Morgan fingerprint density at radius 2 is 2.43 bits per heavy atom. The van der Waals surface area contributed by atoms with E-state index in [9.17, 15) is 4.79 Å². The van der Waals surface area contributed by atoms with Crippen LogP contribution in [0.3, 0.4) is 0 Å². The molecule has 4 heteroatoms. The highest BCUT2D eigenvalue weighted by molar-refractivity contribution is 5.98. The van der Waals surface area contributed by atoms with Crippen molar-refractivity contribution in [1.29, 1.82) is 0 Å². The highest BCUT2D eigenvalue weighted by Crippen LogP contribution is 2.16. The van der Waals surface area contributed by atoms with E-state index in [1.807, 2.05) is 0 Å². The van der Waals surface area contributed by atoms with Crippen LogP contribution in [0.1, 0.15) is 10.4 Å². The number of hydrogen-bond acceptors (Lipinski definition) is 4. The van der Waals surface area contributed by atoms with Gasteiger partial charge in [-0.1, -0.05) is 0 Å². The number of nitrogens with zero attached hydrogens (tertiary/aromatic N) is 1. The Morgan fingerprint density at radius 1 is 1.57 bits per heavy atom. The molecule has 0 spiro atoms. The molecule has 4 nitrogen and oxygen atoms in total. The lowest BCUT2D eigenvalue weighted by Gasteiger charge is -2.10. The Labute approximate surface area is 82.1 Å². The summed E-state index contributed by atoms with van der Waals surface area (Å²) in [6, 6.07) is 3.32. The van der Waals surface area contributed by atoms with Gasteiger partial charge in [0, 0.05) is 24.0 Å². The topological polar surface area (TPSA) is 65.2 Å². The molecule has 1 aromatic rings. The summed E-state index contributed by atoms with van der Waals surface area (Å²) >= 11 is 0. The number of carbonyl (C=O) groups is 1. The second-order valence-electron chi connectivity index (χ2n) is 3.41. The van der Waals surface area contributed by atoms with Gasteiger partial charge in [-0.15, -0.1) is 0 Å². The van der Waals surface area contributed by atoms with E-state index < -0.39 is 0 Å². The number of hydrogen-bond donors (Lipinski definition) is 1. The van der Waals surface area contributed by atoms with Gasteiger partial charge in [-0.05, 0) is 12.1 Å². The first kappa shape index (κ1) is 9.30. The normalized spacial score (nSPS) is 26.4. The van der Waals surface area contributed by atoms with Gasteiger partial charge >= 0.3 is 0 Å². The number of aromatic nitrogens is 1. The first-order valence-corrected chi connectivity index (χ1v) is 4.56. The monoisotopic (exact) mass is 192 g/mol. The summed E-state index contributed by atoms with van der Waals surface area (Å²) in [6.07, 6.45) is 3.20. The van der Waals surface area contributed by atoms with Crippen LogP contribution in [0.2, 0.25) is 0 Å². The Kier molecular flexibility index (Phi) is 2.56. The number of nitrogens with two attached hydrogens (primary N) is 1. The van der Waals surface area contributed by atoms with Gasteiger partial charge in [0.1, 0.15) is 0 Å². The Bertz CT molecular complexity index is 326. The first-order chi connectivity index (χ1) is 6.79. The van der Waals surface area contributed by atoms with Crippen LogP contribution < -0.4 is 5.73 Å². The van der Waals surface area contributed by atoms with Crippen molar-refractivity contribution in [2.45, 2.75) is 6.04 Å². The number of Topliss-reactive ketones (excluding diaryl/α,β-unsaturated/α-hetero) is 1. The minimum atomic E-state index is -0.209. The van der Waals surface area contributed by atoms with E-state index in [4.69, 9.17) is 10.5 Å². The number of ketones is 1. The van der Waals surface area contributed by atoms with Crippen molar-refractivity contribution in [3.63, 3.8) is 0 Å². The maximum absolute atomic E-state index is 11.9. The lowest BCUT2D eigenvalue weighted by molar-refractivity contribution is 0.0895. The van der Waals surface area contributed by atoms with E-state index in [2.05, 4.69) is 4.98 Å². The predicted molar refractivity (Wildman–Crippen MR) is 50.9 cm³/mol. The summed E-state index contributed by atoms with van der Waals surface area (Å²) in [5, 5.41) is 0. The molecule has 1 aliphatic heterocycles. The molecule has 0 amide bonds. The van der Waals surface area contributed by atoms with Crippen molar-refractivity contribution >= 4 is 5.78 Å². The highest BCUT2D eigenvalue weighted by Gasteiger charge is 2.31. The van der Waals surface area contributed by atoms with Gasteiger partial charge in [0.05, 0.1) is 19.1 Å². The van der Waals surface area contributed by atoms with Crippen molar-refractivity contribution < 1.29 is 9.53 Å². The zero-order valence-electron chi connectivity index (χ0n) is 7.72. The third-order valence-corrected chi connectivity index (χ3v) is 2.41. The zero-order chi connectivity index (χ0) is 9.97. The summed E-state index contributed by atoms with van der Waals surface area (Å²) in [6.45, 7) is 0.894. The smallest absolute Gasteiger partial charge is 0.171 e. The van der Waals surface area contributed by atoms with Crippen LogP contribution in [0.15, 0.2) is 24.5 Å². The molecule has 2 atom stereocenters. The Balaban J connectivity index is 2.16. The first-order valence-electron chi connectivity index (χ1n) is 4.56. The van der Waals surface area contributed by atoms with Crippen LogP contribution in [-0.4, -0.2) is 30.0 Å². The average molecular weight is 192 g/mol. The Hall–Kier alpha value is -1.26. The quantitative estimate of drug-likeness (QED) is 0.681. The largest absolute Gasteiger partial charge is 0.379 e. The molecule has 1 saturated heterocycles. The molecule has 2 heterocycles. The predicted octanol–water partition coefficient (Wildman–Crippen LogP) is 0.238. The van der Waals surface area contributed by atoms with E-state index >= 15 is 0 Å². The second kappa shape index (κ2) is 3.86. The van der Waals surface area contributed by atoms with Crippen molar-refractivity contribution in [3.8, 4) is 0 Å². The van der Waals surface area contributed by atoms with E-state index in [-0.39, 0.29) is 17.7 Å². The number of pyridine rings is 1. The number of ether oxygens (including phenoxy) is 1.